The molecule has 0 aliphatic carbocycles. The Balaban J connectivity index is 3.07. The maximum Gasteiger partial charge on any atom is 0.129 e. The van der Waals surface area contributed by atoms with Crippen LogP contribution in [0.2, 0.25) is 0 Å². The molecule has 2 atom stereocenters. The monoisotopic (exact) mass is 245 g/mol. The highest BCUT2D eigenvalue weighted by Gasteiger charge is 2.30. The fourth-order valence-electron chi connectivity index (χ4n) is 0.904. The normalized spacial score (nSPS) is 17.9. The van der Waals surface area contributed by atoms with Crippen molar-refractivity contribution in [1.29, 1.82) is 0 Å². The third kappa shape index (κ3) is 2.27. The number of hydrogen-bond acceptors (Lipinski definition) is 3. The second-order valence-electron chi connectivity index (χ2n) is 3.17. The minimum atomic E-state index is -1.30. The first kappa shape index (κ1) is 10.6. The SMILES string of the molecule is CC(O)C(C)(O)c1cccc(Br)n1. The van der Waals surface area contributed by atoms with Crippen molar-refractivity contribution in [1.82, 2.24) is 4.98 Å². The van der Waals surface area contributed by atoms with E-state index in [2.05, 4.69) is 20.9 Å². The van der Waals surface area contributed by atoms with Crippen molar-refractivity contribution in [2.24, 2.45) is 0 Å². The van der Waals surface area contributed by atoms with Crippen molar-refractivity contribution in [3.8, 4) is 0 Å². The van der Waals surface area contributed by atoms with Crippen molar-refractivity contribution in [3.63, 3.8) is 0 Å². The lowest BCUT2D eigenvalue weighted by Crippen LogP contribution is -2.35. The van der Waals surface area contributed by atoms with Crippen LogP contribution in [0.5, 0.6) is 0 Å². The minimum Gasteiger partial charge on any atom is -0.390 e. The van der Waals surface area contributed by atoms with E-state index >= 15 is 0 Å². The quantitative estimate of drug-likeness (QED) is 0.776. The van der Waals surface area contributed by atoms with Gasteiger partial charge in [0.1, 0.15) is 10.2 Å². The first-order chi connectivity index (χ1) is 5.94. The molecule has 1 rings (SSSR count). The molecule has 0 saturated carbocycles. The van der Waals surface area contributed by atoms with Crippen LogP contribution in [0.3, 0.4) is 0 Å². The molecule has 0 radical (unpaired) electrons. The van der Waals surface area contributed by atoms with Crippen molar-refractivity contribution in [2.45, 2.75) is 25.6 Å². The topological polar surface area (TPSA) is 53.4 Å². The molecule has 0 saturated heterocycles. The van der Waals surface area contributed by atoms with Gasteiger partial charge in [-0.15, -0.1) is 0 Å². The molecule has 0 spiro atoms. The molecule has 13 heavy (non-hydrogen) atoms. The molecular formula is C9H12BrNO2. The first-order valence-electron chi connectivity index (χ1n) is 3.98. The second kappa shape index (κ2) is 3.74. The van der Waals surface area contributed by atoms with E-state index in [1.54, 1.807) is 18.2 Å². The van der Waals surface area contributed by atoms with E-state index in [4.69, 9.17) is 0 Å². The molecule has 1 aromatic heterocycles. The predicted octanol–water partition coefficient (Wildman–Crippen LogP) is 1.43. The van der Waals surface area contributed by atoms with E-state index in [-0.39, 0.29) is 0 Å². The molecule has 1 aromatic rings. The van der Waals surface area contributed by atoms with E-state index in [9.17, 15) is 10.2 Å². The Kier molecular flexibility index (Phi) is 3.05. The molecule has 0 fully saturated rings. The van der Waals surface area contributed by atoms with Gasteiger partial charge in [-0.3, -0.25) is 0 Å². The predicted molar refractivity (Wildman–Crippen MR) is 53.2 cm³/mol. The van der Waals surface area contributed by atoms with Crippen molar-refractivity contribution in [3.05, 3.63) is 28.5 Å². The summed E-state index contributed by atoms with van der Waals surface area (Å²) in [5.74, 6) is 0. The molecular weight excluding hydrogens is 234 g/mol. The first-order valence-corrected chi connectivity index (χ1v) is 4.77. The van der Waals surface area contributed by atoms with Crippen LogP contribution >= 0.6 is 15.9 Å². The Morgan fingerprint density at radius 2 is 2.15 bits per heavy atom. The van der Waals surface area contributed by atoms with Gasteiger partial charge in [-0.05, 0) is 41.9 Å². The molecule has 2 N–H and O–H groups in total. The van der Waals surface area contributed by atoms with Gasteiger partial charge in [-0.1, -0.05) is 6.07 Å². The molecule has 0 aliphatic heterocycles. The lowest BCUT2D eigenvalue weighted by atomic mass is 9.96. The Morgan fingerprint density at radius 3 is 2.62 bits per heavy atom. The average molecular weight is 246 g/mol. The fraction of sp³-hybridized carbons (Fsp3) is 0.444. The lowest BCUT2D eigenvalue weighted by molar-refractivity contribution is -0.0600. The molecule has 0 bridgehead atoms. The molecule has 0 amide bonds. The number of aliphatic hydroxyl groups is 2. The van der Waals surface area contributed by atoms with Gasteiger partial charge >= 0.3 is 0 Å². The number of aliphatic hydroxyl groups excluding tert-OH is 1. The van der Waals surface area contributed by atoms with Gasteiger partial charge in [-0.25, -0.2) is 4.98 Å². The Labute approximate surface area is 85.6 Å². The molecule has 72 valence electrons. The van der Waals surface area contributed by atoms with Crippen LogP contribution in [0.25, 0.3) is 0 Å². The van der Waals surface area contributed by atoms with E-state index in [0.29, 0.717) is 10.3 Å². The van der Waals surface area contributed by atoms with Crippen LogP contribution in [0.1, 0.15) is 19.5 Å². The van der Waals surface area contributed by atoms with E-state index in [1.165, 1.54) is 13.8 Å². The molecule has 2 unspecified atom stereocenters. The van der Waals surface area contributed by atoms with Crippen molar-refractivity contribution in [2.75, 3.05) is 0 Å². The maximum atomic E-state index is 9.85. The number of rotatable bonds is 2. The number of aromatic nitrogens is 1. The molecule has 3 nitrogen and oxygen atoms in total. The summed E-state index contributed by atoms with van der Waals surface area (Å²) < 4.78 is 0.644. The molecule has 4 heteroatoms. The zero-order chi connectivity index (χ0) is 10.1. The van der Waals surface area contributed by atoms with Gasteiger partial charge in [0.05, 0.1) is 11.8 Å². The Bertz CT molecular complexity index is 299. The van der Waals surface area contributed by atoms with Crippen molar-refractivity contribution >= 4 is 15.9 Å². The zero-order valence-electron chi connectivity index (χ0n) is 7.53. The fourth-order valence-corrected chi connectivity index (χ4v) is 1.25. The third-order valence-corrected chi connectivity index (χ3v) is 2.49. The van der Waals surface area contributed by atoms with Crippen LogP contribution in [0.15, 0.2) is 22.8 Å². The second-order valence-corrected chi connectivity index (χ2v) is 3.98. The average Bonchev–Trinajstić information content (AvgIpc) is 2.04. The summed E-state index contributed by atoms with van der Waals surface area (Å²) in [5.41, 5.74) is -0.846. The van der Waals surface area contributed by atoms with Crippen molar-refractivity contribution < 1.29 is 10.2 Å². The smallest absolute Gasteiger partial charge is 0.129 e. The molecule has 1 heterocycles. The Morgan fingerprint density at radius 1 is 1.54 bits per heavy atom. The van der Waals surface area contributed by atoms with Gasteiger partial charge in [0, 0.05) is 0 Å². The van der Waals surface area contributed by atoms with Gasteiger partial charge < -0.3 is 10.2 Å². The molecule has 0 aromatic carbocycles. The summed E-state index contributed by atoms with van der Waals surface area (Å²) in [5, 5.41) is 19.2. The highest BCUT2D eigenvalue weighted by atomic mass is 79.9. The van der Waals surface area contributed by atoms with Gasteiger partial charge in [0.25, 0.3) is 0 Å². The number of pyridine rings is 1. The standard InChI is InChI=1S/C9H12BrNO2/c1-6(12)9(2,13)7-4-3-5-8(10)11-7/h3-6,12-13H,1-2H3. The molecule has 0 aliphatic rings. The minimum absolute atomic E-state index is 0.455. The number of hydrogen-bond donors (Lipinski definition) is 2. The van der Waals surface area contributed by atoms with Gasteiger partial charge in [-0.2, -0.15) is 0 Å². The van der Waals surface area contributed by atoms with Crippen LogP contribution in [0.4, 0.5) is 0 Å². The maximum absolute atomic E-state index is 9.85. The zero-order valence-corrected chi connectivity index (χ0v) is 9.12. The third-order valence-electron chi connectivity index (χ3n) is 2.05. The summed E-state index contributed by atoms with van der Waals surface area (Å²) in [6.07, 6.45) is -0.853. The lowest BCUT2D eigenvalue weighted by Gasteiger charge is -2.25. The number of halogens is 1. The van der Waals surface area contributed by atoms with E-state index in [0.717, 1.165) is 0 Å². The highest BCUT2D eigenvalue weighted by Crippen LogP contribution is 2.23. The summed E-state index contributed by atoms with van der Waals surface area (Å²) in [4.78, 5) is 4.07. The highest BCUT2D eigenvalue weighted by molar-refractivity contribution is 9.10. The number of nitrogens with zero attached hydrogens (tertiary/aromatic N) is 1. The van der Waals surface area contributed by atoms with Crippen LogP contribution in [-0.4, -0.2) is 21.3 Å². The summed E-state index contributed by atoms with van der Waals surface area (Å²) >= 11 is 3.20. The summed E-state index contributed by atoms with van der Waals surface area (Å²) in [6.45, 7) is 3.06. The largest absolute Gasteiger partial charge is 0.390 e. The Hall–Kier alpha value is -0.450. The summed E-state index contributed by atoms with van der Waals surface area (Å²) in [7, 11) is 0. The van der Waals surface area contributed by atoms with Gasteiger partial charge in [0.15, 0.2) is 0 Å². The van der Waals surface area contributed by atoms with Crippen LogP contribution in [0, 0.1) is 0 Å². The van der Waals surface area contributed by atoms with Gasteiger partial charge in [0.2, 0.25) is 0 Å². The van der Waals surface area contributed by atoms with E-state index in [1.807, 2.05) is 0 Å². The van der Waals surface area contributed by atoms with Crippen LogP contribution in [-0.2, 0) is 5.60 Å². The van der Waals surface area contributed by atoms with Crippen LogP contribution < -0.4 is 0 Å². The van der Waals surface area contributed by atoms with E-state index < -0.39 is 11.7 Å². The summed E-state index contributed by atoms with van der Waals surface area (Å²) in [6, 6.07) is 5.21.